The number of thiophene rings is 1. The molecule has 1 aromatic carbocycles. The van der Waals surface area contributed by atoms with Crippen LogP contribution in [0.2, 0.25) is 0 Å². The Morgan fingerprint density at radius 1 is 1.12 bits per heavy atom. The molecule has 2 aromatic rings. The van der Waals surface area contributed by atoms with Gasteiger partial charge in [-0.05, 0) is 24.6 Å². The first kappa shape index (κ1) is 19.8. The number of rotatable bonds is 8. The Morgan fingerprint density at radius 2 is 1.77 bits per heavy atom. The Kier molecular flexibility index (Phi) is 6.65. The van der Waals surface area contributed by atoms with Gasteiger partial charge in [0.25, 0.3) is 5.91 Å². The molecule has 1 amide bonds. The number of aryl methyl sites for hydroxylation is 1. The van der Waals surface area contributed by atoms with Crippen LogP contribution >= 0.6 is 11.3 Å². The summed E-state index contributed by atoms with van der Waals surface area (Å²) in [5.41, 5.74) is 0.329. The fourth-order valence-corrected chi connectivity index (χ4v) is 3.38. The zero-order chi connectivity index (χ0) is 19.3. The van der Waals surface area contributed by atoms with Crippen molar-refractivity contribution >= 4 is 29.0 Å². The van der Waals surface area contributed by atoms with Gasteiger partial charge in [0, 0.05) is 23.0 Å². The van der Waals surface area contributed by atoms with Crippen LogP contribution in [0.4, 0.5) is 0 Å². The minimum atomic E-state index is -1.25. The highest BCUT2D eigenvalue weighted by molar-refractivity contribution is 7.14. The number of nitrogens with one attached hydrogen (secondary N) is 1. The van der Waals surface area contributed by atoms with E-state index in [1.54, 1.807) is 24.3 Å². The van der Waals surface area contributed by atoms with Crippen molar-refractivity contribution < 1.29 is 24.6 Å². The normalized spacial score (nSPS) is 13.0. The molecule has 0 aliphatic heterocycles. The van der Waals surface area contributed by atoms with Crippen LogP contribution in [0.15, 0.2) is 36.4 Å². The summed E-state index contributed by atoms with van der Waals surface area (Å²) in [5, 5.41) is 20.9. The number of carboxylic acid groups (broad SMARTS) is 1. The number of carbonyl (C=O) groups excluding carboxylic acids is 2. The lowest BCUT2D eigenvalue weighted by Crippen LogP contribution is -2.46. The summed E-state index contributed by atoms with van der Waals surface area (Å²) in [6, 6.07) is 8.67. The first-order valence-electron chi connectivity index (χ1n) is 8.26. The highest BCUT2D eigenvalue weighted by Crippen LogP contribution is 2.22. The average Bonchev–Trinajstić information content (AvgIpc) is 3.13. The Morgan fingerprint density at radius 3 is 2.31 bits per heavy atom. The molecule has 0 saturated heterocycles. The molecular formula is C19H21NO5S. The molecule has 3 N–H and O–H groups in total. The van der Waals surface area contributed by atoms with E-state index < -0.39 is 23.8 Å². The van der Waals surface area contributed by atoms with Gasteiger partial charge in [-0.1, -0.05) is 32.0 Å². The molecule has 0 aliphatic rings. The van der Waals surface area contributed by atoms with E-state index in [-0.39, 0.29) is 23.5 Å². The lowest BCUT2D eigenvalue weighted by Gasteiger charge is -2.20. The van der Waals surface area contributed by atoms with Gasteiger partial charge in [0.1, 0.15) is 6.04 Å². The van der Waals surface area contributed by atoms with E-state index in [1.807, 2.05) is 13.0 Å². The van der Waals surface area contributed by atoms with Gasteiger partial charge in [-0.25, -0.2) is 4.79 Å². The van der Waals surface area contributed by atoms with Crippen molar-refractivity contribution in [3.05, 3.63) is 57.3 Å². The molecule has 0 bridgehead atoms. The van der Waals surface area contributed by atoms with E-state index >= 15 is 0 Å². The van der Waals surface area contributed by atoms with Crippen molar-refractivity contribution in [2.24, 2.45) is 5.92 Å². The number of aliphatic carboxylic acids is 1. The second-order valence-electron chi connectivity index (χ2n) is 5.94. The van der Waals surface area contributed by atoms with Crippen molar-refractivity contribution in [3.63, 3.8) is 0 Å². The first-order valence-corrected chi connectivity index (χ1v) is 9.07. The van der Waals surface area contributed by atoms with Crippen LogP contribution in [-0.2, 0) is 11.2 Å². The van der Waals surface area contributed by atoms with Crippen LogP contribution in [0.5, 0.6) is 0 Å². The molecule has 2 unspecified atom stereocenters. The molecule has 0 fully saturated rings. The number of carboxylic acids is 1. The fourth-order valence-electron chi connectivity index (χ4n) is 2.47. The van der Waals surface area contributed by atoms with Gasteiger partial charge in [-0.2, -0.15) is 0 Å². The first-order chi connectivity index (χ1) is 12.4. The minimum absolute atomic E-state index is 0.111. The number of hydrogen-bond donors (Lipinski definition) is 3. The summed E-state index contributed by atoms with van der Waals surface area (Å²) in [4.78, 5) is 38.3. The van der Waals surface area contributed by atoms with Crippen molar-refractivity contribution in [2.75, 3.05) is 6.61 Å². The molecule has 6 nitrogen and oxygen atoms in total. The van der Waals surface area contributed by atoms with E-state index in [2.05, 4.69) is 5.32 Å². The Bertz CT molecular complexity index is 814. The van der Waals surface area contributed by atoms with E-state index in [1.165, 1.54) is 24.3 Å². The summed E-state index contributed by atoms with van der Waals surface area (Å²) < 4.78 is 0. The molecule has 26 heavy (non-hydrogen) atoms. The third kappa shape index (κ3) is 4.36. The Hall–Kier alpha value is -2.51. The SMILES string of the molecule is CCc1ccc(C(=O)c2ccccc2C(=O)NC(C(=O)O)C(C)CO)s1. The van der Waals surface area contributed by atoms with Crippen molar-refractivity contribution in [1.29, 1.82) is 0 Å². The molecule has 0 radical (unpaired) electrons. The van der Waals surface area contributed by atoms with E-state index in [0.29, 0.717) is 4.88 Å². The van der Waals surface area contributed by atoms with Crippen molar-refractivity contribution in [3.8, 4) is 0 Å². The molecule has 2 rings (SSSR count). The third-order valence-corrected chi connectivity index (χ3v) is 5.29. The van der Waals surface area contributed by atoms with Crippen LogP contribution in [0.1, 0.15) is 44.3 Å². The number of aliphatic hydroxyl groups is 1. The molecule has 0 spiro atoms. The molecule has 0 saturated carbocycles. The van der Waals surface area contributed by atoms with Gasteiger partial charge in [-0.3, -0.25) is 9.59 Å². The maximum atomic E-state index is 12.8. The van der Waals surface area contributed by atoms with Gasteiger partial charge in [0.05, 0.1) is 10.4 Å². The predicted molar refractivity (Wildman–Crippen MR) is 98.7 cm³/mol. The van der Waals surface area contributed by atoms with Gasteiger partial charge in [0.2, 0.25) is 5.78 Å². The predicted octanol–water partition coefficient (Wildman–Crippen LogP) is 2.35. The smallest absolute Gasteiger partial charge is 0.326 e. The quantitative estimate of drug-likeness (QED) is 0.615. The highest BCUT2D eigenvalue weighted by Gasteiger charge is 2.28. The second kappa shape index (κ2) is 8.73. The van der Waals surface area contributed by atoms with Crippen LogP contribution in [-0.4, -0.2) is 40.5 Å². The maximum absolute atomic E-state index is 12.8. The standard InChI is InChI=1S/C19H21NO5S/c1-3-12-8-9-15(26-12)17(22)13-6-4-5-7-14(13)18(23)20-16(19(24)25)11(2)10-21/h4-9,11,16,21H,3,10H2,1-2H3,(H,20,23)(H,24,25). The molecule has 0 aliphatic carbocycles. The molecule has 1 aromatic heterocycles. The lowest BCUT2D eigenvalue weighted by atomic mass is 9.99. The molecular weight excluding hydrogens is 354 g/mol. The molecule has 138 valence electrons. The summed E-state index contributed by atoms with van der Waals surface area (Å²) in [5.74, 6) is -2.84. The van der Waals surface area contributed by atoms with E-state index in [0.717, 1.165) is 11.3 Å². The number of amides is 1. The molecule has 2 atom stereocenters. The zero-order valence-corrected chi connectivity index (χ0v) is 15.4. The van der Waals surface area contributed by atoms with Gasteiger partial charge < -0.3 is 15.5 Å². The second-order valence-corrected chi connectivity index (χ2v) is 7.11. The summed E-state index contributed by atoms with van der Waals surface area (Å²) in [6.45, 7) is 3.14. The zero-order valence-electron chi connectivity index (χ0n) is 14.6. The van der Waals surface area contributed by atoms with Crippen LogP contribution in [0.25, 0.3) is 0 Å². The average molecular weight is 375 g/mol. The van der Waals surface area contributed by atoms with E-state index in [4.69, 9.17) is 0 Å². The fraction of sp³-hybridized carbons (Fsp3) is 0.316. The lowest BCUT2D eigenvalue weighted by molar-refractivity contribution is -0.141. The Balaban J connectivity index is 2.31. The van der Waals surface area contributed by atoms with Crippen molar-refractivity contribution in [2.45, 2.75) is 26.3 Å². The van der Waals surface area contributed by atoms with Crippen molar-refractivity contribution in [1.82, 2.24) is 5.32 Å². The van der Waals surface area contributed by atoms with Gasteiger partial charge in [0.15, 0.2) is 0 Å². The molecule has 7 heteroatoms. The van der Waals surface area contributed by atoms with E-state index in [9.17, 15) is 24.6 Å². The summed E-state index contributed by atoms with van der Waals surface area (Å²) >= 11 is 1.38. The van der Waals surface area contributed by atoms with Crippen LogP contribution in [0.3, 0.4) is 0 Å². The maximum Gasteiger partial charge on any atom is 0.326 e. The number of ketones is 1. The monoisotopic (exact) mass is 375 g/mol. The number of aliphatic hydroxyl groups excluding tert-OH is 1. The number of benzene rings is 1. The van der Waals surface area contributed by atoms with Crippen LogP contribution in [0, 0.1) is 5.92 Å². The summed E-state index contributed by atoms with van der Waals surface area (Å²) in [6.07, 6.45) is 0.819. The number of carbonyl (C=O) groups is 3. The summed E-state index contributed by atoms with van der Waals surface area (Å²) in [7, 11) is 0. The number of hydrogen-bond acceptors (Lipinski definition) is 5. The van der Waals surface area contributed by atoms with Crippen LogP contribution < -0.4 is 5.32 Å². The topological polar surface area (TPSA) is 104 Å². The Labute approximate surface area is 155 Å². The highest BCUT2D eigenvalue weighted by atomic mass is 32.1. The molecule has 1 heterocycles. The van der Waals surface area contributed by atoms with Gasteiger partial charge in [-0.15, -0.1) is 11.3 Å². The minimum Gasteiger partial charge on any atom is -0.480 e. The third-order valence-electron chi connectivity index (χ3n) is 4.06. The largest absolute Gasteiger partial charge is 0.480 e. The van der Waals surface area contributed by atoms with Gasteiger partial charge >= 0.3 is 5.97 Å².